The molecular weight excluding hydrogens is 336 g/mol. The zero-order valence-electron chi connectivity index (χ0n) is 13.5. The van der Waals surface area contributed by atoms with Crippen molar-refractivity contribution in [1.29, 1.82) is 0 Å². The van der Waals surface area contributed by atoms with Crippen molar-refractivity contribution in [3.05, 3.63) is 16.1 Å². The van der Waals surface area contributed by atoms with Crippen molar-refractivity contribution < 1.29 is 13.2 Å². The highest BCUT2D eigenvalue weighted by atomic mass is 32.2. The lowest BCUT2D eigenvalue weighted by molar-refractivity contribution is 0.227. The van der Waals surface area contributed by atoms with Gasteiger partial charge in [0.15, 0.2) is 0 Å². The summed E-state index contributed by atoms with van der Waals surface area (Å²) in [6.07, 6.45) is 7.37. The Morgan fingerprint density at radius 1 is 1.35 bits per heavy atom. The van der Waals surface area contributed by atoms with Crippen LogP contribution in [0.3, 0.4) is 0 Å². The number of amides is 2. The van der Waals surface area contributed by atoms with E-state index in [0.717, 1.165) is 43.4 Å². The summed E-state index contributed by atoms with van der Waals surface area (Å²) < 4.78 is 25.5. The van der Waals surface area contributed by atoms with Gasteiger partial charge in [-0.1, -0.05) is 19.8 Å². The van der Waals surface area contributed by atoms with E-state index in [9.17, 15) is 13.2 Å². The number of nitrogens with zero attached hydrogens (tertiary/aromatic N) is 1. The van der Waals surface area contributed by atoms with Crippen molar-refractivity contribution in [2.24, 2.45) is 0 Å². The molecule has 1 aliphatic rings. The third kappa shape index (κ3) is 6.08. The molecule has 0 unspecified atom stereocenters. The number of urea groups is 1. The van der Waals surface area contributed by atoms with Gasteiger partial charge in [0, 0.05) is 23.2 Å². The molecule has 9 heteroatoms. The minimum atomic E-state index is -3.28. The van der Waals surface area contributed by atoms with E-state index in [1.54, 1.807) is 11.3 Å². The largest absolute Gasteiger partial charge is 0.334 e. The Morgan fingerprint density at radius 3 is 2.65 bits per heavy atom. The number of sulfonamides is 1. The fraction of sp³-hybridized carbons (Fsp3) is 0.714. The molecule has 1 saturated carbocycles. The number of carbonyl (C=O) groups is 1. The van der Waals surface area contributed by atoms with Gasteiger partial charge in [-0.3, -0.25) is 0 Å². The van der Waals surface area contributed by atoms with Crippen LogP contribution >= 0.6 is 11.3 Å². The van der Waals surface area contributed by atoms with Crippen LogP contribution in [-0.4, -0.2) is 37.8 Å². The number of aromatic nitrogens is 1. The first-order chi connectivity index (χ1) is 10.9. The molecule has 1 heterocycles. The second-order valence-electron chi connectivity index (χ2n) is 5.79. The number of hydrogen-bond donors (Lipinski definition) is 3. The Kier molecular flexibility index (Phi) is 6.37. The van der Waals surface area contributed by atoms with Gasteiger partial charge in [0.2, 0.25) is 10.0 Å². The van der Waals surface area contributed by atoms with Gasteiger partial charge in [-0.15, -0.1) is 11.3 Å². The van der Waals surface area contributed by atoms with E-state index in [1.807, 2.05) is 6.20 Å². The van der Waals surface area contributed by atoms with Gasteiger partial charge in [-0.2, -0.15) is 0 Å². The Morgan fingerprint density at radius 2 is 2.04 bits per heavy atom. The highest BCUT2D eigenvalue weighted by Crippen LogP contribution is 2.19. The van der Waals surface area contributed by atoms with Crippen LogP contribution in [0.2, 0.25) is 0 Å². The van der Waals surface area contributed by atoms with Crippen molar-refractivity contribution in [1.82, 2.24) is 20.3 Å². The van der Waals surface area contributed by atoms with Crippen molar-refractivity contribution in [2.45, 2.75) is 57.7 Å². The van der Waals surface area contributed by atoms with E-state index in [2.05, 4.69) is 27.3 Å². The smallest absolute Gasteiger partial charge is 0.315 e. The summed E-state index contributed by atoms with van der Waals surface area (Å²) in [5, 5.41) is 6.54. The first-order valence-electron chi connectivity index (χ1n) is 7.82. The topological polar surface area (TPSA) is 100 Å². The normalized spacial score (nSPS) is 21.8. The van der Waals surface area contributed by atoms with Gasteiger partial charge in [-0.05, 0) is 19.3 Å². The van der Waals surface area contributed by atoms with Crippen molar-refractivity contribution in [3.8, 4) is 0 Å². The zero-order chi connectivity index (χ0) is 16.9. The first kappa shape index (κ1) is 18.2. The Hall–Kier alpha value is -1.19. The summed E-state index contributed by atoms with van der Waals surface area (Å²) in [7, 11) is -3.28. The van der Waals surface area contributed by atoms with E-state index in [4.69, 9.17) is 0 Å². The molecule has 0 saturated heterocycles. The molecule has 0 spiro atoms. The summed E-state index contributed by atoms with van der Waals surface area (Å²) in [5.74, 6) is 0. The molecule has 7 nitrogen and oxygen atoms in total. The molecule has 0 bridgehead atoms. The summed E-state index contributed by atoms with van der Waals surface area (Å²) in [4.78, 5) is 17.5. The monoisotopic (exact) mass is 360 g/mol. The zero-order valence-corrected chi connectivity index (χ0v) is 15.1. The van der Waals surface area contributed by atoms with Crippen molar-refractivity contribution >= 4 is 27.4 Å². The Bertz CT molecular complexity index is 630. The number of carbonyl (C=O) groups excluding carboxylic acids is 1. The van der Waals surface area contributed by atoms with Crippen LogP contribution in [0.25, 0.3) is 0 Å². The molecule has 1 aromatic rings. The molecule has 0 aromatic carbocycles. The average Bonchev–Trinajstić information content (AvgIpc) is 2.94. The van der Waals surface area contributed by atoms with Crippen LogP contribution in [0.15, 0.2) is 6.20 Å². The quantitative estimate of drug-likeness (QED) is 0.713. The SMILES string of the molecule is CCc1cnc(CNC(=O)N[C@H]2CCCC[C@@H]2NS(C)(=O)=O)s1. The molecule has 2 atom stereocenters. The van der Waals surface area contributed by atoms with E-state index in [-0.39, 0.29) is 18.1 Å². The number of nitrogens with one attached hydrogen (secondary N) is 3. The number of rotatable bonds is 6. The minimum Gasteiger partial charge on any atom is -0.334 e. The third-order valence-corrected chi connectivity index (χ3v) is 5.67. The highest BCUT2D eigenvalue weighted by molar-refractivity contribution is 7.88. The maximum atomic E-state index is 12.0. The highest BCUT2D eigenvalue weighted by Gasteiger charge is 2.28. The van der Waals surface area contributed by atoms with E-state index in [1.165, 1.54) is 4.88 Å². The number of hydrogen-bond acceptors (Lipinski definition) is 5. The summed E-state index contributed by atoms with van der Waals surface area (Å²) in [5.41, 5.74) is 0. The van der Waals surface area contributed by atoms with Gasteiger partial charge in [-0.25, -0.2) is 22.9 Å². The summed E-state index contributed by atoms with van der Waals surface area (Å²) >= 11 is 1.58. The molecule has 3 N–H and O–H groups in total. The molecule has 2 amide bonds. The van der Waals surface area contributed by atoms with Gasteiger partial charge in [0.1, 0.15) is 5.01 Å². The number of thiazole rings is 1. The average molecular weight is 361 g/mol. The van der Waals surface area contributed by atoms with Gasteiger partial charge >= 0.3 is 6.03 Å². The fourth-order valence-electron chi connectivity index (χ4n) is 2.69. The first-order valence-corrected chi connectivity index (χ1v) is 10.5. The maximum absolute atomic E-state index is 12.0. The lowest BCUT2D eigenvalue weighted by Crippen LogP contribution is -2.54. The molecule has 1 aliphatic carbocycles. The molecule has 130 valence electrons. The standard InChI is InChI=1S/C14H24N4O3S2/c1-3-10-8-15-13(22-10)9-16-14(19)17-11-6-4-5-7-12(11)18-23(2,20)21/h8,11-12,18H,3-7,9H2,1-2H3,(H2,16,17,19)/t11-,12-/m0/s1. The van der Waals surface area contributed by atoms with Crippen LogP contribution < -0.4 is 15.4 Å². The second kappa shape index (κ2) is 8.07. The molecule has 2 rings (SSSR count). The van der Waals surface area contributed by atoms with Crippen molar-refractivity contribution in [2.75, 3.05) is 6.26 Å². The summed E-state index contributed by atoms with van der Waals surface area (Å²) in [6, 6.07) is -0.706. The maximum Gasteiger partial charge on any atom is 0.315 e. The van der Waals surface area contributed by atoms with Crippen LogP contribution in [-0.2, 0) is 23.0 Å². The Labute approximate surface area is 141 Å². The van der Waals surface area contributed by atoms with Crippen molar-refractivity contribution in [3.63, 3.8) is 0 Å². The lowest BCUT2D eigenvalue weighted by atomic mass is 9.91. The minimum absolute atomic E-state index is 0.180. The fourth-order valence-corrected chi connectivity index (χ4v) is 4.32. The molecule has 0 aliphatic heterocycles. The van der Waals surface area contributed by atoms with Gasteiger partial charge < -0.3 is 10.6 Å². The number of aryl methyl sites for hydroxylation is 1. The lowest BCUT2D eigenvalue weighted by Gasteiger charge is -2.32. The molecule has 0 radical (unpaired) electrons. The molecule has 1 fully saturated rings. The predicted molar refractivity (Wildman–Crippen MR) is 90.9 cm³/mol. The molecule has 1 aromatic heterocycles. The van der Waals surface area contributed by atoms with Gasteiger partial charge in [0.05, 0.1) is 12.8 Å². The second-order valence-corrected chi connectivity index (χ2v) is 8.77. The van der Waals surface area contributed by atoms with Crippen LogP contribution in [0.4, 0.5) is 4.79 Å². The van der Waals surface area contributed by atoms with Crippen LogP contribution in [0.1, 0.15) is 42.5 Å². The van der Waals surface area contributed by atoms with Gasteiger partial charge in [0.25, 0.3) is 0 Å². The Balaban J connectivity index is 1.84. The van der Waals surface area contributed by atoms with Crippen LogP contribution in [0.5, 0.6) is 0 Å². The summed E-state index contributed by atoms with van der Waals surface area (Å²) in [6.45, 7) is 2.45. The van der Waals surface area contributed by atoms with E-state index >= 15 is 0 Å². The molecule has 23 heavy (non-hydrogen) atoms. The van der Waals surface area contributed by atoms with E-state index in [0.29, 0.717) is 6.54 Å². The third-order valence-electron chi connectivity index (χ3n) is 3.80. The van der Waals surface area contributed by atoms with E-state index < -0.39 is 10.0 Å². The predicted octanol–water partition coefficient (Wildman–Crippen LogP) is 1.37. The van der Waals surface area contributed by atoms with Crippen LogP contribution in [0, 0.1) is 0 Å². The molecular formula is C14H24N4O3S2.